The number of carbonyl (C=O) groups is 1. The van der Waals surface area contributed by atoms with E-state index < -0.39 is 0 Å². The van der Waals surface area contributed by atoms with Gasteiger partial charge in [-0.05, 0) is 43.2 Å². The highest BCUT2D eigenvalue weighted by Crippen LogP contribution is 2.33. The summed E-state index contributed by atoms with van der Waals surface area (Å²) in [5, 5.41) is 1.25. The van der Waals surface area contributed by atoms with E-state index in [9.17, 15) is 4.79 Å². The van der Waals surface area contributed by atoms with E-state index in [0.717, 1.165) is 55.0 Å². The van der Waals surface area contributed by atoms with E-state index in [1.165, 1.54) is 11.3 Å². The standard InChI is InChI=1S/C23H26ClN3O3S.ClH/c1-17-5-2-6-18(15-17)30-16-21(28)27(10-4-9-26-11-13-29-14-12-26)23-25-22-19(24)7-3-8-20(22)31-23;/h2-3,5-8,15H,4,9-14,16H2,1H3;1H. The van der Waals surface area contributed by atoms with E-state index in [4.69, 9.17) is 21.1 Å². The number of carbonyl (C=O) groups excluding carboxylic acids is 1. The van der Waals surface area contributed by atoms with Gasteiger partial charge in [-0.25, -0.2) is 4.98 Å². The maximum Gasteiger partial charge on any atom is 0.266 e. The lowest BCUT2D eigenvalue weighted by Gasteiger charge is -2.27. The van der Waals surface area contributed by atoms with E-state index in [1.807, 2.05) is 49.4 Å². The first kappa shape index (κ1) is 24.7. The van der Waals surface area contributed by atoms with Crippen molar-refractivity contribution in [2.75, 3.05) is 50.9 Å². The molecule has 1 aliphatic heterocycles. The summed E-state index contributed by atoms with van der Waals surface area (Å²) >= 11 is 7.79. The van der Waals surface area contributed by atoms with Gasteiger partial charge in [-0.15, -0.1) is 12.4 Å². The van der Waals surface area contributed by atoms with Gasteiger partial charge in [-0.3, -0.25) is 14.6 Å². The molecule has 1 amide bonds. The Morgan fingerprint density at radius 2 is 2.03 bits per heavy atom. The molecule has 172 valence electrons. The van der Waals surface area contributed by atoms with Crippen LogP contribution < -0.4 is 9.64 Å². The Labute approximate surface area is 203 Å². The molecule has 3 aromatic rings. The zero-order chi connectivity index (χ0) is 21.6. The van der Waals surface area contributed by atoms with Crippen LogP contribution in [-0.4, -0.2) is 61.8 Å². The SMILES string of the molecule is Cc1cccc(OCC(=O)N(CCCN2CCOCC2)c2nc3c(Cl)cccc3s2)c1.Cl. The number of rotatable bonds is 8. The molecule has 0 aliphatic carbocycles. The summed E-state index contributed by atoms with van der Waals surface area (Å²) in [4.78, 5) is 21.9. The van der Waals surface area contributed by atoms with Crippen LogP contribution in [0.1, 0.15) is 12.0 Å². The maximum atomic E-state index is 13.1. The molecule has 2 heterocycles. The van der Waals surface area contributed by atoms with Gasteiger partial charge >= 0.3 is 0 Å². The van der Waals surface area contributed by atoms with Crippen LogP contribution in [0.3, 0.4) is 0 Å². The lowest BCUT2D eigenvalue weighted by atomic mass is 10.2. The minimum absolute atomic E-state index is 0. The first-order valence-corrected chi connectivity index (χ1v) is 11.6. The highest BCUT2D eigenvalue weighted by molar-refractivity contribution is 7.22. The van der Waals surface area contributed by atoms with Crippen molar-refractivity contribution in [2.24, 2.45) is 0 Å². The van der Waals surface area contributed by atoms with Crippen LogP contribution >= 0.6 is 35.3 Å². The van der Waals surface area contributed by atoms with Gasteiger partial charge in [-0.2, -0.15) is 0 Å². The highest BCUT2D eigenvalue weighted by atomic mass is 35.5. The maximum absolute atomic E-state index is 13.1. The number of hydrogen-bond acceptors (Lipinski definition) is 6. The van der Waals surface area contributed by atoms with E-state index in [0.29, 0.717) is 22.4 Å². The fourth-order valence-corrected chi connectivity index (χ4v) is 4.86. The second kappa shape index (κ2) is 11.8. The molecule has 0 spiro atoms. The lowest BCUT2D eigenvalue weighted by molar-refractivity contribution is -0.120. The van der Waals surface area contributed by atoms with Gasteiger partial charge in [0.05, 0.1) is 22.9 Å². The molecular weight excluding hydrogens is 469 g/mol. The zero-order valence-electron chi connectivity index (χ0n) is 18.0. The quantitative estimate of drug-likeness (QED) is 0.448. The van der Waals surface area contributed by atoms with Crippen molar-refractivity contribution in [1.82, 2.24) is 9.88 Å². The summed E-state index contributed by atoms with van der Waals surface area (Å²) in [7, 11) is 0. The molecule has 4 rings (SSSR count). The van der Waals surface area contributed by atoms with Crippen molar-refractivity contribution in [3.63, 3.8) is 0 Å². The summed E-state index contributed by atoms with van der Waals surface area (Å²) in [6.07, 6.45) is 0.847. The van der Waals surface area contributed by atoms with Crippen LogP contribution in [0.25, 0.3) is 10.2 Å². The number of nitrogens with zero attached hydrogens (tertiary/aromatic N) is 3. The fourth-order valence-electron chi connectivity index (χ4n) is 3.55. The topological polar surface area (TPSA) is 54.9 Å². The van der Waals surface area contributed by atoms with Crippen LogP contribution in [0.4, 0.5) is 5.13 Å². The Hall–Kier alpha value is -1.90. The summed E-state index contributed by atoms with van der Waals surface area (Å²) < 4.78 is 12.2. The van der Waals surface area contributed by atoms with E-state index in [-0.39, 0.29) is 24.9 Å². The molecule has 0 atom stereocenters. The molecule has 2 aromatic carbocycles. The van der Waals surface area contributed by atoms with Gasteiger partial charge in [0.1, 0.15) is 11.3 Å². The Balaban J connectivity index is 0.00000289. The average Bonchev–Trinajstić information content (AvgIpc) is 3.21. The Bertz CT molecular complexity index is 1040. The van der Waals surface area contributed by atoms with Crippen molar-refractivity contribution in [3.05, 3.63) is 53.1 Å². The Kier molecular flexibility index (Phi) is 9.13. The second-order valence-electron chi connectivity index (χ2n) is 7.54. The Morgan fingerprint density at radius 1 is 1.25 bits per heavy atom. The number of fused-ring (bicyclic) bond motifs is 1. The summed E-state index contributed by atoms with van der Waals surface area (Å²) in [6.45, 7) is 6.85. The number of benzene rings is 2. The molecule has 0 N–H and O–H groups in total. The van der Waals surface area contributed by atoms with Crippen LogP contribution in [0, 0.1) is 6.92 Å². The van der Waals surface area contributed by atoms with Gasteiger partial charge < -0.3 is 9.47 Å². The fraction of sp³-hybridized carbons (Fsp3) is 0.391. The molecule has 1 fully saturated rings. The van der Waals surface area contributed by atoms with Crippen LogP contribution in [-0.2, 0) is 9.53 Å². The molecular formula is C23H27Cl2N3O3S. The minimum Gasteiger partial charge on any atom is -0.484 e. The summed E-state index contributed by atoms with van der Waals surface area (Å²) in [6, 6.07) is 13.4. The predicted octanol–water partition coefficient (Wildman–Crippen LogP) is 4.81. The summed E-state index contributed by atoms with van der Waals surface area (Å²) in [5.74, 6) is 0.577. The number of anilines is 1. The molecule has 0 saturated carbocycles. The third-order valence-corrected chi connectivity index (χ3v) is 6.55. The van der Waals surface area contributed by atoms with Gasteiger partial charge in [0, 0.05) is 26.2 Å². The number of aromatic nitrogens is 1. The highest BCUT2D eigenvalue weighted by Gasteiger charge is 2.21. The van der Waals surface area contributed by atoms with Gasteiger partial charge in [-0.1, -0.05) is 41.1 Å². The molecule has 6 nitrogen and oxygen atoms in total. The molecule has 1 aliphatic rings. The number of para-hydroxylation sites is 1. The largest absolute Gasteiger partial charge is 0.484 e. The average molecular weight is 496 g/mol. The first-order chi connectivity index (χ1) is 15.1. The lowest BCUT2D eigenvalue weighted by Crippen LogP contribution is -2.40. The first-order valence-electron chi connectivity index (χ1n) is 10.4. The third-order valence-electron chi connectivity index (χ3n) is 5.20. The van der Waals surface area contributed by atoms with Crippen molar-refractivity contribution in [3.8, 4) is 5.75 Å². The van der Waals surface area contributed by atoms with Gasteiger partial charge in [0.2, 0.25) is 0 Å². The molecule has 0 radical (unpaired) electrons. The monoisotopic (exact) mass is 495 g/mol. The smallest absolute Gasteiger partial charge is 0.266 e. The van der Waals surface area contributed by atoms with Gasteiger partial charge in [0.15, 0.2) is 11.7 Å². The number of thiazole rings is 1. The zero-order valence-corrected chi connectivity index (χ0v) is 20.3. The molecule has 1 aromatic heterocycles. The Morgan fingerprint density at radius 3 is 2.78 bits per heavy atom. The summed E-state index contributed by atoms with van der Waals surface area (Å²) in [5.41, 5.74) is 1.82. The number of hydrogen-bond donors (Lipinski definition) is 0. The van der Waals surface area contributed by atoms with Crippen LogP contribution in [0.5, 0.6) is 5.75 Å². The van der Waals surface area contributed by atoms with E-state index in [2.05, 4.69) is 9.88 Å². The number of morpholine rings is 1. The molecule has 32 heavy (non-hydrogen) atoms. The number of aryl methyl sites for hydroxylation is 1. The van der Waals surface area contributed by atoms with Crippen molar-refractivity contribution < 1.29 is 14.3 Å². The molecule has 0 bridgehead atoms. The van der Waals surface area contributed by atoms with Gasteiger partial charge in [0.25, 0.3) is 5.91 Å². The number of halogens is 2. The van der Waals surface area contributed by atoms with Crippen LogP contribution in [0.2, 0.25) is 5.02 Å². The minimum atomic E-state index is -0.112. The predicted molar refractivity (Wildman–Crippen MR) is 133 cm³/mol. The van der Waals surface area contributed by atoms with Crippen molar-refractivity contribution in [2.45, 2.75) is 13.3 Å². The number of ether oxygens (including phenoxy) is 2. The number of amides is 1. The normalized spacial score (nSPS) is 14.2. The molecule has 1 saturated heterocycles. The van der Waals surface area contributed by atoms with E-state index in [1.54, 1.807) is 4.90 Å². The van der Waals surface area contributed by atoms with Crippen molar-refractivity contribution >= 4 is 56.6 Å². The van der Waals surface area contributed by atoms with Crippen molar-refractivity contribution in [1.29, 1.82) is 0 Å². The second-order valence-corrected chi connectivity index (χ2v) is 8.96. The van der Waals surface area contributed by atoms with E-state index >= 15 is 0 Å². The molecule has 0 unspecified atom stereocenters. The van der Waals surface area contributed by atoms with Crippen LogP contribution in [0.15, 0.2) is 42.5 Å². The third kappa shape index (κ3) is 6.33. The molecule has 9 heteroatoms.